The first-order valence-corrected chi connectivity index (χ1v) is 6.51. The molecule has 0 spiro atoms. The van der Waals surface area contributed by atoms with Gasteiger partial charge in [-0.3, -0.25) is 0 Å². The number of carboxylic acids is 1. The van der Waals surface area contributed by atoms with Gasteiger partial charge in [-0.05, 0) is 36.2 Å². The molecule has 2 aromatic rings. The van der Waals surface area contributed by atoms with Crippen LogP contribution in [0.5, 0.6) is 0 Å². The lowest BCUT2D eigenvalue weighted by Gasteiger charge is -2.06. The number of rotatable bonds is 6. The van der Waals surface area contributed by atoms with Crippen LogP contribution in [0.2, 0.25) is 0 Å². The van der Waals surface area contributed by atoms with Crippen LogP contribution in [0.4, 0.5) is 4.79 Å². The molecular weight excluding hydrogens is 272 g/mol. The molecule has 6 nitrogen and oxygen atoms in total. The van der Waals surface area contributed by atoms with Crippen molar-refractivity contribution >= 4 is 12.0 Å². The Morgan fingerprint density at radius 2 is 1.86 bits per heavy atom. The summed E-state index contributed by atoms with van der Waals surface area (Å²) < 4.78 is 5.10. The van der Waals surface area contributed by atoms with Crippen LogP contribution in [0.1, 0.15) is 21.7 Å². The number of carbonyl (C=O) groups excluding carboxylic acids is 1. The normalized spacial score (nSPS) is 10.1. The van der Waals surface area contributed by atoms with Gasteiger partial charge in [0.2, 0.25) is 0 Å². The summed E-state index contributed by atoms with van der Waals surface area (Å²) in [4.78, 5) is 22.2. The van der Waals surface area contributed by atoms with Crippen LogP contribution < -0.4 is 10.6 Å². The topological polar surface area (TPSA) is 91.6 Å². The Balaban J connectivity index is 1.68. The molecule has 1 heterocycles. The third-order valence-corrected chi connectivity index (χ3v) is 2.90. The zero-order valence-corrected chi connectivity index (χ0v) is 11.3. The van der Waals surface area contributed by atoms with Crippen LogP contribution in [0.15, 0.2) is 47.1 Å². The lowest BCUT2D eigenvalue weighted by Crippen LogP contribution is -2.36. The highest BCUT2D eigenvalue weighted by molar-refractivity contribution is 5.87. The van der Waals surface area contributed by atoms with Gasteiger partial charge in [-0.25, -0.2) is 9.59 Å². The van der Waals surface area contributed by atoms with Crippen LogP contribution in [0.25, 0.3) is 0 Å². The summed E-state index contributed by atoms with van der Waals surface area (Å²) in [6, 6.07) is 9.86. The van der Waals surface area contributed by atoms with Crippen molar-refractivity contribution in [3.8, 4) is 0 Å². The van der Waals surface area contributed by atoms with Gasteiger partial charge in [-0.15, -0.1) is 0 Å². The summed E-state index contributed by atoms with van der Waals surface area (Å²) in [5, 5.41) is 14.2. The summed E-state index contributed by atoms with van der Waals surface area (Å²) in [5.74, 6) is -0.258. The first kappa shape index (κ1) is 14.6. The maximum Gasteiger partial charge on any atom is 0.335 e. The molecule has 1 aromatic heterocycles. The number of nitrogens with one attached hydrogen (secondary N) is 2. The first-order chi connectivity index (χ1) is 10.1. The SMILES string of the molecule is O=C(NCCc1ccc(C(=O)O)cc1)NCc1ccco1. The molecule has 21 heavy (non-hydrogen) atoms. The number of benzene rings is 1. The van der Waals surface area contributed by atoms with Gasteiger partial charge in [0.05, 0.1) is 18.4 Å². The molecule has 2 amide bonds. The second kappa shape index (κ2) is 7.14. The molecule has 110 valence electrons. The summed E-state index contributed by atoms with van der Waals surface area (Å²) in [6.45, 7) is 0.808. The first-order valence-electron chi connectivity index (χ1n) is 6.51. The molecule has 0 aliphatic heterocycles. The van der Waals surface area contributed by atoms with E-state index in [1.165, 1.54) is 0 Å². The third-order valence-electron chi connectivity index (χ3n) is 2.90. The largest absolute Gasteiger partial charge is 0.478 e. The molecule has 2 rings (SSSR count). The molecule has 0 radical (unpaired) electrons. The van der Waals surface area contributed by atoms with Crippen LogP contribution in [0.3, 0.4) is 0 Å². The van der Waals surface area contributed by atoms with E-state index < -0.39 is 5.97 Å². The number of furan rings is 1. The Labute approximate surface area is 121 Å². The predicted molar refractivity (Wildman–Crippen MR) is 76.1 cm³/mol. The summed E-state index contributed by atoms with van der Waals surface area (Å²) in [6.07, 6.45) is 2.18. The summed E-state index contributed by atoms with van der Waals surface area (Å²) in [5.41, 5.74) is 1.22. The fourth-order valence-corrected chi connectivity index (χ4v) is 1.78. The van der Waals surface area contributed by atoms with Crippen LogP contribution in [0, 0.1) is 0 Å². The highest BCUT2D eigenvalue weighted by Crippen LogP contribution is 2.04. The average Bonchev–Trinajstić information content (AvgIpc) is 2.99. The quantitative estimate of drug-likeness (QED) is 0.758. The van der Waals surface area contributed by atoms with E-state index in [4.69, 9.17) is 9.52 Å². The van der Waals surface area contributed by atoms with E-state index in [0.29, 0.717) is 25.3 Å². The van der Waals surface area contributed by atoms with Crippen molar-refractivity contribution in [1.82, 2.24) is 10.6 Å². The van der Waals surface area contributed by atoms with Crippen molar-refractivity contribution in [2.75, 3.05) is 6.54 Å². The number of amides is 2. The monoisotopic (exact) mass is 288 g/mol. The second-order valence-electron chi connectivity index (χ2n) is 4.44. The molecule has 0 saturated heterocycles. The molecule has 0 unspecified atom stereocenters. The van der Waals surface area contributed by atoms with Gasteiger partial charge in [-0.2, -0.15) is 0 Å². The summed E-state index contributed by atoms with van der Waals surface area (Å²) >= 11 is 0. The van der Waals surface area contributed by atoms with E-state index in [-0.39, 0.29) is 11.6 Å². The van der Waals surface area contributed by atoms with E-state index in [0.717, 1.165) is 5.56 Å². The standard InChI is InChI=1S/C15H16N2O4/c18-14(19)12-5-3-11(4-6-12)7-8-16-15(20)17-10-13-2-1-9-21-13/h1-6,9H,7-8,10H2,(H,18,19)(H2,16,17,20). The van der Waals surface area contributed by atoms with Crippen LogP contribution in [-0.4, -0.2) is 23.7 Å². The predicted octanol–water partition coefficient (Wildman–Crippen LogP) is 2.02. The van der Waals surface area contributed by atoms with E-state index in [9.17, 15) is 9.59 Å². The molecular formula is C15H16N2O4. The van der Waals surface area contributed by atoms with E-state index in [2.05, 4.69) is 10.6 Å². The van der Waals surface area contributed by atoms with Crippen LogP contribution in [-0.2, 0) is 13.0 Å². The number of urea groups is 1. The van der Waals surface area contributed by atoms with Gasteiger partial charge in [-0.1, -0.05) is 12.1 Å². The Kier molecular flexibility index (Phi) is 4.98. The highest BCUT2D eigenvalue weighted by Gasteiger charge is 2.03. The molecule has 6 heteroatoms. The van der Waals surface area contributed by atoms with E-state index in [1.54, 1.807) is 42.7 Å². The second-order valence-corrected chi connectivity index (χ2v) is 4.44. The van der Waals surface area contributed by atoms with E-state index >= 15 is 0 Å². The lowest BCUT2D eigenvalue weighted by atomic mass is 10.1. The van der Waals surface area contributed by atoms with Crippen molar-refractivity contribution in [3.05, 3.63) is 59.5 Å². The molecule has 3 N–H and O–H groups in total. The molecule has 0 aliphatic rings. The minimum Gasteiger partial charge on any atom is -0.478 e. The molecule has 0 bridgehead atoms. The molecule has 0 atom stereocenters. The van der Waals surface area contributed by atoms with Crippen molar-refractivity contribution in [3.63, 3.8) is 0 Å². The maximum absolute atomic E-state index is 11.5. The minimum atomic E-state index is -0.947. The molecule has 0 aliphatic carbocycles. The minimum absolute atomic E-state index is 0.253. The van der Waals surface area contributed by atoms with Gasteiger partial charge in [0.25, 0.3) is 0 Å². The van der Waals surface area contributed by atoms with Crippen LogP contribution >= 0.6 is 0 Å². The van der Waals surface area contributed by atoms with Gasteiger partial charge >= 0.3 is 12.0 Å². The number of aromatic carboxylic acids is 1. The molecule has 1 aromatic carbocycles. The van der Waals surface area contributed by atoms with Gasteiger partial charge in [0.1, 0.15) is 5.76 Å². The molecule has 0 saturated carbocycles. The zero-order valence-electron chi connectivity index (χ0n) is 11.3. The highest BCUT2D eigenvalue weighted by atomic mass is 16.4. The molecule has 0 fully saturated rings. The Hall–Kier alpha value is -2.76. The Morgan fingerprint density at radius 1 is 1.10 bits per heavy atom. The van der Waals surface area contributed by atoms with Crippen molar-refractivity contribution < 1.29 is 19.1 Å². The average molecular weight is 288 g/mol. The van der Waals surface area contributed by atoms with Gasteiger partial charge in [0, 0.05) is 6.54 Å². The van der Waals surface area contributed by atoms with E-state index in [1.807, 2.05) is 0 Å². The summed E-state index contributed by atoms with van der Waals surface area (Å²) in [7, 11) is 0. The van der Waals surface area contributed by atoms with Gasteiger partial charge < -0.3 is 20.2 Å². The number of hydrogen-bond acceptors (Lipinski definition) is 3. The van der Waals surface area contributed by atoms with Crippen molar-refractivity contribution in [1.29, 1.82) is 0 Å². The fraction of sp³-hybridized carbons (Fsp3) is 0.200. The lowest BCUT2D eigenvalue weighted by molar-refractivity contribution is 0.0697. The van der Waals surface area contributed by atoms with Crippen molar-refractivity contribution in [2.24, 2.45) is 0 Å². The Morgan fingerprint density at radius 3 is 2.48 bits per heavy atom. The van der Waals surface area contributed by atoms with Gasteiger partial charge in [0.15, 0.2) is 0 Å². The number of hydrogen-bond donors (Lipinski definition) is 3. The Bertz CT molecular complexity index is 591. The third kappa shape index (κ3) is 4.68. The fourth-order valence-electron chi connectivity index (χ4n) is 1.78. The zero-order chi connectivity index (χ0) is 15.1. The number of carboxylic acid groups (broad SMARTS) is 1. The smallest absolute Gasteiger partial charge is 0.335 e. The maximum atomic E-state index is 11.5. The number of carbonyl (C=O) groups is 2. The van der Waals surface area contributed by atoms with Crippen molar-refractivity contribution in [2.45, 2.75) is 13.0 Å².